The van der Waals surface area contributed by atoms with E-state index in [4.69, 9.17) is 4.74 Å². The molecule has 1 unspecified atom stereocenters. The highest BCUT2D eigenvalue weighted by Crippen LogP contribution is 2.17. The van der Waals surface area contributed by atoms with E-state index in [1.807, 2.05) is 44.2 Å². The summed E-state index contributed by atoms with van der Waals surface area (Å²) in [6, 6.07) is 17.8. The molecule has 1 atom stereocenters. The third-order valence-electron chi connectivity index (χ3n) is 5.30. The summed E-state index contributed by atoms with van der Waals surface area (Å²) in [6.07, 6.45) is 0.483. The van der Waals surface area contributed by atoms with E-state index in [0.29, 0.717) is 16.6 Å². The highest BCUT2D eigenvalue weighted by molar-refractivity contribution is 6.03. The lowest BCUT2D eigenvalue weighted by molar-refractivity contribution is -0.123. The number of ether oxygens (including phenoxy) is 1. The second kappa shape index (κ2) is 9.70. The van der Waals surface area contributed by atoms with Crippen LogP contribution in [0.1, 0.15) is 42.9 Å². The first kappa shape index (κ1) is 22.9. The van der Waals surface area contributed by atoms with Crippen LogP contribution in [0, 0.1) is 0 Å². The van der Waals surface area contributed by atoms with Crippen molar-refractivity contribution in [3.63, 3.8) is 0 Å². The smallest absolute Gasteiger partial charge is 0.360 e. The predicted octanol–water partition coefficient (Wildman–Crippen LogP) is 3.41. The van der Waals surface area contributed by atoms with Crippen LogP contribution < -0.4 is 10.9 Å². The molecule has 9 heteroatoms. The zero-order valence-electron chi connectivity index (χ0n) is 19.1. The van der Waals surface area contributed by atoms with Crippen molar-refractivity contribution in [3.05, 3.63) is 88.5 Å². The second-order valence-electron chi connectivity index (χ2n) is 8.13. The number of rotatable bonds is 7. The zero-order chi connectivity index (χ0) is 24.2. The molecule has 0 aliphatic heterocycles. The molecule has 2 aromatic heterocycles. The number of amides is 1. The van der Waals surface area contributed by atoms with E-state index < -0.39 is 18.0 Å². The maximum atomic E-state index is 13.1. The third-order valence-corrected chi connectivity index (χ3v) is 5.30. The first-order valence-corrected chi connectivity index (χ1v) is 10.9. The van der Waals surface area contributed by atoms with Gasteiger partial charge in [-0.15, -0.1) is 0 Å². The quantitative estimate of drug-likeness (QED) is 0.425. The average Bonchev–Trinajstić information content (AvgIpc) is 3.30. The van der Waals surface area contributed by atoms with Crippen molar-refractivity contribution in [3.8, 4) is 0 Å². The fourth-order valence-electron chi connectivity index (χ4n) is 3.57. The van der Waals surface area contributed by atoms with Gasteiger partial charge in [0.05, 0.1) is 18.1 Å². The Bertz CT molecular complexity index is 1390. The summed E-state index contributed by atoms with van der Waals surface area (Å²) < 4.78 is 8.33. The van der Waals surface area contributed by atoms with Crippen LogP contribution in [-0.4, -0.2) is 37.5 Å². The average molecular weight is 460 g/mol. The molecule has 34 heavy (non-hydrogen) atoms. The summed E-state index contributed by atoms with van der Waals surface area (Å²) in [4.78, 5) is 38.7. The van der Waals surface area contributed by atoms with Crippen molar-refractivity contribution >= 4 is 28.5 Å². The van der Waals surface area contributed by atoms with Crippen molar-refractivity contribution in [2.45, 2.75) is 39.5 Å². The van der Waals surface area contributed by atoms with Gasteiger partial charge in [0, 0.05) is 17.5 Å². The summed E-state index contributed by atoms with van der Waals surface area (Å²) in [6.45, 7) is 5.55. The molecule has 174 valence electrons. The molecule has 9 nitrogen and oxygen atoms in total. The van der Waals surface area contributed by atoms with Crippen molar-refractivity contribution in [2.24, 2.45) is 0 Å². The molecule has 0 saturated heterocycles. The Morgan fingerprint density at radius 3 is 2.35 bits per heavy atom. The van der Waals surface area contributed by atoms with Crippen LogP contribution in [0.2, 0.25) is 0 Å². The van der Waals surface area contributed by atoms with Crippen LogP contribution in [0.15, 0.2) is 71.7 Å². The molecule has 0 aliphatic rings. The molecule has 4 aromatic rings. The van der Waals surface area contributed by atoms with E-state index in [9.17, 15) is 14.4 Å². The third kappa shape index (κ3) is 4.73. The number of esters is 1. The molecule has 4 rings (SSSR count). The number of carbonyl (C=O) groups is 2. The molecule has 2 aromatic carbocycles. The normalized spacial score (nSPS) is 12.0. The lowest BCUT2D eigenvalue weighted by atomic mass is 10.1. The van der Waals surface area contributed by atoms with Crippen LogP contribution in [-0.2, 0) is 16.1 Å². The van der Waals surface area contributed by atoms with Crippen LogP contribution in [0.25, 0.3) is 10.8 Å². The minimum Gasteiger partial charge on any atom is -0.448 e. The molecular formula is C25H25N5O4. The highest BCUT2D eigenvalue weighted by Gasteiger charge is 2.24. The van der Waals surface area contributed by atoms with E-state index in [1.165, 1.54) is 11.6 Å². The van der Waals surface area contributed by atoms with Gasteiger partial charge in [0.25, 0.3) is 11.5 Å². The number of nitrogens with one attached hydrogen (secondary N) is 1. The molecule has 0 bridgehead atoms. The van der Waals surface area contributed by atoms with Crippen LogP contribution in [0.3, 0.4) is 0 Å². The van der Waals surface area contributed by atoms with Crippen molar-refractivity contribution in [1.82, 2.24) is 19.6 Å². The second-order valence-corrected chi connectivity index (χ2v) is 8.13. The maximum absolute atomic E-state index is 13.1. The number of anilines is 1. The minimum absolute atomic E-state index is 0.0296. The first-order chi connectivity index (χ1) is 16.3. The summed E-state index contributed by atoms with van der Waals surface area (Å²) in [5, 5.41) is 11.9. The monoisotopic (exact) mass is 459 g/mol. The van der Waals surface area contributed by atoms with E-state index in [2.05, 4.69) is 15.5 Å². The summed E-state index contributed by atoms with van der Waals surface area (Å²) in [7, 11) is 0. The fourth-order valence-corrected chi connectivity index (χ4v) is 3.57. The number of fused-ring (bicyclic) bond motifs is 1. The summed E-state index contributed by atoms with van der Waals surface area (Å²) in [5.41, 5.74) is 0.517. The van der Waals surface area contributed by atoms with Gasteiger partial charge >= 0.3 is 5.97 Å². The zero-order valence-corrected chi connectivity index (χ0v) is 19.1. The topological polar surface area (TPSA) is 108 Å². The van der Waals surface area contributed by atoms with Gasteiger partial charge in [0.2, 0.25) is 0 Å². The van der Waals surface area contributed by atoms with Crippen molar-refractivity contribution in [1.29, 1.82) is 0 Å². The summed E-state index contributed by atoms with van der Waals surface area (Å²) in [5.74, 6) is -0.793. The van der Waals surface area contributed by atoms with Gasteiger partial charge in [-0.05, 0) is 32.4 Å². The highest BCUT2D eigenvalue weighted by atomic mass is 16.5. The molecule has 1 amide bonds. The first-order valence-electron chi connectivity index (χ1n) is 10.9. The fraction of sp³-hybridized carbons (Fsp3) is 0.240. The Hall–Kier alpha value is -4.27. The molecule has 0 aliphatic carbocycles. The standard InChI is InChI=1S/C25H25N5O4/c1-16(2)30-21(13-14-26-30)27-23(31)17(3)34-25(33)22-19-11-7-8-12-20(19)24(32)29(28-22)15-18-9-5-4-6-10-18/h4-14,16-17H,15H2,1-3H3,(H,27,31). The van der Waals surface area contributed by atoms with E-state index >= 15 is 0 Å². The Balaban J connectivity index is 1.60. The number of hydrogen-bond donors (Lipinski definition) is 1. The van der Waals surface area contributed by atoms with Gasteiger partial charge in [0.15, 0.2) is 11.8 Å². The Labute approximate surface area is 196 Å². The lowest BCUT2D eigenvalue weighted by Crippen LogP contribution is -2.32. The Morgan fingerprint density at radius 2 is 1.65 bits per heavy atom. The number of benzene rings is 2. The van der Waals surface area contributed by atoms with Crippen molar-refractivity contribution < 1.29 is 14.3 Å². The van der Waals surface area contributed by atoms with Crippen LogP contribution in [0.5, 0.6) is 0 Å². The number of hydrogen-bond acceptors (Lipinski definition) is 6. The Morgan fingerprint density at radius 1 is 0.971 bits per heavy atom. The number of carbonyl (C=O) groups excluding carboxylic acids is 2. The molecule has 0 saturated carbocycles. The molecule has 0 spiro atoms. The van der Waals surface area contributed by atoms with Gasteiger partial charge in [-0.3, -0.25) is 9.59 Å². The van der Waals surface area contributed by atoms with Gasteiger partial charge < -0.3 is 10.1 Å². The van der Waals surface area contributed by atoms with Gasteiger partial charge in [0.1, 0.15) is 5.82 Å². The molecule has 1 N–H and O–H groups in total. The van der Waals surface area contributed by atoms with E-state index in [1.54, 1.807) is 41.2 Å². The number of aromatic nitrogens is 4. The van der Waals surface area contributed by atoms with Crippen LogP contribution in [0.4, 0.5) is 5.82 Å². The SMILES string of the molecule is CC(OC(=O)c1nn(Cc2ccccc2)c(=O)c2ccccc12)C(=O)Nc1ccnn1C(C)C. The van der Waals surface area contributed by atoms with Gasteiger partial charge in [-0.1, -0.05) is 48.5 Å². The molecule has 0 fully saturated rings. The molecule has 2 heterocycles. The minimum atomic E-state index is -1.10. The number of nitrogens with zero attached hydrogens (tertiary/aromatic N) is 4. The Kier molecular flexibility index (Phi) is 6.53. The van der Waals surface area contributed by atoms with E-state index in [0.717, 1.165) is 5.56 Å². The predicted molar refractivity (Wildman–Crippen MR) is 128 cm³/mol. The van der Waals surface area contributed by atoms with E-state index in [-0.39, 0.29) is 23.8 Å². The maximum Gasteiger partial charge on any atom is 0.360 e. The summed E-state index contributed by atoms with van der Waals surface area (Å²) >= 11 is 0. The molecule has 0 radical (unpaired) electrons. The van der Waals surface area contributed by atoms with Gasteiger partial charge in [-0.2, -0.15) is 10.2 Å². The molecular weight excluding hydrogens is 434 g/mol. The van der Waals surface area contributed by atoms with Gasteiger partial charge in [-0.25, -0.2) is 14.2 Å². The van der Waals surface area contributed by atoms with Crippen molar-refractivity contribution in [2.75, 3.05) is 5.32 Å². The van der Waals surface area contributed by atoms with Crippen LogP contribution >= 0.6 is 0 Å². The lowest BCUT2D eigenvalue weighted by Gasteiger charge is -2.16. The largest absolute Gasteiger partial charge is 0.448 e.